The van der Waals surface area contributed by atoms with Crippen molar-refractivity contribution < 1.29 is 13.2 Å². The molecule has 2 heterocycles. The van der Waals surface area contributed by atoms with Crippen molar-refractivity contribution in [3.63, 3.8) is 0 Å². The summed E-state index contributed by atoms with van der Waals surface area (Å²) in [4.78, 5) is 20.1. The van der Waals surface area contributed by atoms with Crippen molar-refractivity contribution in [2.75, 3.05) is 6.26 Å². The van der Waals surface area contributed by atoms with Crippen molar-refractivity contribution in [1.29, 1.82) is 0 Å². The molecule has 23 heavy (non-hydrogen) atoms. The average Bonchev–Trinajstić information content (AvgIpc) is 2.54. The Bertz CT molecular complexity index is 759. The number of hydrogen-bond donors (Lipinski definition) is 1. The van der Waals surface area contributed by atoms with Gasteiger partial charge in [0.05, 0.1) is 6.04 Å². The Kier molecular flexibility index (Phi) is 5.44. The van der Waals surface area contributed by atoms with Gasteiger partial charge < -0.3 is 5.32 Å². The first-order chi connectivity index (χ1) is 10.9. The van der Waals surface area contributed by atoms with Crippen LogP contribution in [0, 0.1) is 0 Å². The largest absolute Gasteiger partial charge is 0.345 e. The average molecular weight is 333 g/mol. The van der Waals surface area contributed by atoms with Gasteiger partial charge >= 0.3 is 0 Å². The molecule has 0 saturated heterocycles. The first-order valence-corrected chi connectivity index (χ1v) is 9.18. The molecule has 0 bridgehead atoms. The second-order valence-electron chi connectivity index (χ2n) is 5.25. The molecule has 1 unspecified atom stereocenters. The number of nitrogens with zero attached hydrogens (tertiary/aromatic N) is 2. The van der Waals surface area contributed by atoms with Gasteiger partial charge in [-0.2, -0.15) is 0 Å². The molecule has 1 N–H and O–H groups in total. The van der Waals surface area contributed by atoms with Crippen LogP contribution in [0.5, 0.6) is 0 Å². The van der Waals surface area contributed by atoms with Crippen LogP contribution in [0.15, 0.2) is 47.9 Å². The van der Waals surface area contributed by atoms with Gasteiger partial charge in [0, 0.05) is 30.4 Å². The molecule has 1 atom stereocenters. The third-order valence-corrected chi connectivity index (χ3v) is 4.37. The summed E-state index contributed by atoms with van der Waals surface area (Å²) >= 11 is 0. The number of sulfone groups is 1. The van der Waals surface area contributed by atoms with E-state index in [0.29, 0.717) is 5.56 Å². The van der Waals surface area contributed by atoms with Crippen LogP contribution >= 0.6 is 0 Å². The van der Waals surface area contributed by atoms with Crippen LogP contribution in [0.4, 0.5) is 0 Å². The van der Waals surface area contributed by atoms with Gasteiger partial charge in [-0.25, -0.2) is 13.4 Å². The Morgan fingerprint density at radius 2 is 1.91 bits per heavy atom. The van der Waals surface area contributed by atoms with Gasteiger partial charge in [-0.05, 0) is 30.2 Å². The lowest BCUT2D eigenvalue weighted by atomic mass is 10.0. The number of amides is 1. The normalized spacial score (nSPS) is 12.6. The van der Waals surface area contributed by atoms with E-state index in [1.54, 1.807) is 30.6 Å². The standard InChI is InChI=1S/C16H19N3O3S/c1-3-4-14(19-16(20)12-7-9-17-10-8-12)13-5-6-15(18-11-13)23(2,21)22/h5-11,14H,3-4H2,1-2H3,(H,19,20). The molecule has 2 aromatic heterocycles. The zero-order valence-corrected chi connectivity index (χ0v) is 13.9. The number of aromatic nitrogens is 2. The molecule has 7 heteroatoms. The molecule has 1 amide bonds. The van der Waals surface area contributed by atoms with Gasteiger partial charge in [0.25, 0.3) is 5.91 Å². The minimum atomic E-state index is -3.33. The number of hydrogen-bond acceptors (Lipinski definition) is 5. The van der Waals surface area contributed by atoms with Gasteiger partial charge in [0.1, 0.15) is 0 Å². The van der Waals surface area contributed by atoms with Crippen LogP contribution in [-0.2, 0) is 9.84 Å². The Hall–Kier alpha value is -2.28. The van der Waals surface area contributed by atoms with Crippen LogP contribution in [0.25, 0.3) is 0 Å². The minimum Gasteiger partial charge on any atom is -0.345 e. The second-order valence-corrected chi connectivity index (χ2v) is 7.22. The van der Waals surface area contributed by atoms with Crippen molar-refractivity contribution in [1.82, 2.24) is 15.3 Å². The van der Waals surface area contributed by atoms with Gasteiger partial charge in [0.2, 0.25) is 0 Å². The minimum absolute atomic E-state index is 0.0250. The van der Waals surface area contributed by atoms with E-state index in [0.717, 1.165) is 24.7 Å². The predicted octanol–water partition coefficient (Wildman–Crippen LogP) is 2.15. The van der Waals surface area contributed by atoms with E-state index < -0.39 is 9.84 Å². The zero-order chi connectivity index (χ0) is 16.9. The number of nitrogens with one attached hydrogen (secondary N) is 1. The quantitative estimate of drug-likeness (QED) is 0.875. The Labute approximate surface area is 135 Å². The topological polar surface area (TPSA) is 89.0 Å². The van der Waals surface area contributed by atoms with Crippen molar-refractivity contribution in [2.45, 2.75) is 30.8 Å². The molecule has 0 radical (unpaired) electrons. The Morgan fingerprint density at radius 3 is 2.43 bits per heavy atom. The van der Waals surface area contributed by atoms with E-state index in [-0.39, 0.29) is 17.0 Å². The summed E-state index contributed by atoms with van der Waals surface area (Å²) < 4.78 is 22.9. The number of pyridine rings is 2. The molecule has 0 fully saturated rings. The smallest absolute Gasteiger partial charge is 0.251 e. The highest BCUT2D eigenvalue weighted by molar-refractivity contribution is 7.90. The lowest BCUT2D eigenvalue weighted by Gasteiger charge is -2.18. The number of rotatable bonds is 6. The molecule has 2 rings (SSSR count). The molecule has 6 nitrogen and oxygen atoms in total. The SMILES string of the molecule is CCCC(NC(=O)c1ccncc1)c1ccc(S(C)(=O)=O)nc1. The predicted molar refractivity (Wildman–Crippen MR) is 86.7 cm³/mol. The lowest BCUT2D eigenvalue weighted by molar-refractivity contribution is 0.0934. The van der Waals surface area contributed by atoms with Crippen LogP contribution in [-0.4, -0.2) is 30.5 Å². The summed E-state index contributed by atoms with van der Waals surface area (Å²) in [7, 11) is -3.33. The zero-order valence-electron chi connectivity index (χ0n) is 13.1. The highest BCUT2D eigenvalue weighted by Crippen LogP contribution is 2.19. The van der Waals surface area contributed by atoms with Gasteiger partial charge in [-0.1, -0.05) is 19.4 Å². The van der Waals surface area contributed by atoms with Crippen molar-refractivity contribution in [3.05, 3.63) is 54.0 Å². The van der Waals surface area contributed by atoms with Gasteiger partial charge in [-0.15, -0.1) is 0 Å². The third-order valence-electron chi connectivity index (χ3n) is 3.37. The van der Waals surface area contributed by atoms with Crippen molar-refractivity contribution in [2.24, 2.45) is 0 Å². The van der Waals surface area contributed by atoms with E-state index in [4.69, 9.17) is 0 Å². The summed E-state index contributed by atoms with van der Waals surface area (Å²) in [6, 6.07) is 6.22. The van der Waals surface area contributed by atoms with Gasteiger partial charge in [0.15, 0.2) is 14.9 Å². The summed E-state index contributed by atoms with van der Waals surface area (Å²) in [5, 5.41) is 2.98. The Balaban J connectivity index is 2.20. The van der Waals surface area contributed by atoms with Crippen molar-refractivity contribution >= 4 is 15.7 Å². The molecule has 2 aromatic rings. The van der Waals surface area contributed by atoms with Crippen molar-refractivity contribution in [3.8, 4) is 0 Å². The van der Waals surface area contributed by atoms with E-state index in [9.17, 15) is 13.2 Å². The number of carbonyl (C=O) groups is 1. The number of carbonyl (C=O) groups excluding carboxylic acids is 1. The van der Waals surface area contributed by atoms with E-state index >= 15 is 0 Å². The fraction of sp³-hybridized carbons (Fsp3) is 0.312. The van der Waals surface area contributed by atoms with E-state index in [2.05, 4.69) is 15.3 Å². The first-order valence-electron chi connectivity index (χ1n) is 7.28. The highest BCUT2D eigenvalue weighted by Gasteiger charge is 2.17. The summed E-state index contributed by atoms with van der Waals surface area (Å²) in [6.45, 7) is 2.02. The maximum atomic E-state index is 12.3. The van der Waals surface area contributed by atoms with Crippen LogP contribution in [0.3, 0.4) is 0 Å². The van der Waals surface area contributed by atoms with E-state index in [1.807, 2.05) is 6.92 Å². The first kappa shape index (κ1) is 17.1. The molecule has 122 valence electrons. The lowest BCUT2D eigenvalue weighted by Crippen LogP contribution is -2.28. The molecule has 0 aromatic carbocycles. The van der Waals surface area contributed by atoms with Crippen LogP contribution in [0.1, 0.15) is 41.7 Å². The Morgan fingerprint density at radius 1 is 1.22 bits per heavy atom. The summed E-state index contributed by atoms with van der Waals surface area (Å²) in [5.74, 6) is -0.196. The highest BCUT2D eigenvalue weighted by atomic mass is 32.2. The monoisotopic (exact) mass is 333 g/mol. The molecular weight excluding hydrogens is 314 g/mol. The molecule has 0 spiro atoms. The molecule has 0 aliphatic rings. The second kappa shape index (κ2) is 7.32. The maximum Gasteiger partial charge on any atom is 0.251 e. The molecule has 0 saturated carbocycles. The molecular formula is C16H19N3O3S. The molecule has 0 aliphatic heterocycles. The van der Waals surface area contributed by atoms with E-state index in [1.165, 1.54) is 12.3 Å². The van der Waals surface area contributed by atoms with Gasteiger partial charge in [-0.3, -0.25) is 9.78 Å². The molecule has 0 aliphatic carbocycles. The van der Waals surface area contributed by atoms with Crippen LogP contribution < -0.4 is 5.32 Å². The van der Waals surface area contributed by atoms with Crippen LogP contribution in [0.2, 0.25) is 0 Å². The third kappa shape index (κ3) is 4.59. The fourth-order valence-corrected chi connectivity index (χ4v) is 2.73. The maximum absolute atomic E-state index is 12.3. The summed E-state index contributed by atoms with van der Waals surface area (Å²) in [5.41, 5.74) is 1.31. The fourth-order valence-electron chi connectivity index (χ4n) is 2.17. The summed E-state index contributed by atoms with van der Waals surface area (Å²) in [6.07, 6.45) is 7.34.